The molecule has 1 aromatic heterocycles. The van der Waals surface area contributed by atoms with E-state index in [1.165, 1.54) is 11.6 Å². The fraction of sp³-hybridized carbons (Fsp3) is 0.316. The highest BCUT2D eigenvalue weighted by atomic mass is 35.5. The lowest BCUT2D eigenvalue weighted by Gasteiger charge is -2.37. The SMILES string of the molecule is O=C(/C=C/c1cnccn1)NCC1(c2ccc(Cl)cc2)CCOCC1. The minimum absolute atomic E-state index is 0.126. The molecule has 0 spiro atoms. The van der Waals surface area contributed by atoms with Gasteiger partial charge in [0.05, 0.1) is 11.9 Å². The smallest absolute Gasteiger partial charge is 0.244 e. The first-order valence-electron chi connectivity index (χ1n) is 8.24. The Labute approximate surface area is 152 Å². The Bertz CT molecular complexity index is 726. The Morgan fingerprint density at radius 2 is 2.00 bits per heavy atom. The van der Waals surface area contributed by atoms with E-state index in [2.05, 4.69) is 15.3 Å². The van der Waals surface area contributed by atoms with Crippen LogP contribution in [0.15, 0.2) is 48.9 Å². The zero-order valence-corrected chi connectivity index (χ0v) is 14.6. The van der Waals surface area contributed by atoms with Gasteiger partial charge in [-0.05, 0) is 36.6 Å². The van der Waals surface area contributed by atoms with Crippen molar-refractivity contribution < 1.29 is 9.53 Å². The van der Waals surface area contributed by atoms with Crippen LogP contribution < -0.4 is 5.32 Å². The standard InChI is InChI=1S/C19H20ClN3O2/c20-16-3-1-15(2-4-16)19(7-11-25-12-8-19)14-23-18(24)6-5-17-13-21-9-10-22-17/h1-6,9-10,13H,7-8,11-12,14H2,(H,23,24)/b6-5+. The molecule has 0 aliphatic carbocycles. The number of nitrogens with one attached hydrogen (secondary N) is 1. The van der Waals surface area contributed by atoms with Gasteiger partial charge in [-0.2, -0.15) is 0 Å². The number of aromatic nitrogens is 2. The lowest BCUT2D eigenvalue weighted by Crippen LogP contribution is -2.44. The molecule has 0 bridgehead atoms. The molecule has 0 radical (unpaired) electrons. The van der Waals surface area contributed by atoms with Crippen LogP contribution >= 0.6 is 11.6 Å². The van der Waals surface area contributed by atoms with Crippen LogP contribution in [0.1, 0.15) is 24.1 Å². The summed E-state index contributed by atoms with van der Waals surface area (Å²) in [6.45, 7) is 1.93. The molecule has 3 rings (SSSR count). The zero-order valence-electron chi connectivity index (χ0n) is 13.8. The first-order valence-corrected chi connectivity index (χ1v) is 8.61. The summed E-state index contributed by atoms with van der Waals surface area (Å²) >= 11 is 6.01. The van der Waals surface area contributed by atoms with E-state index in [0.717, 1.165) is 12.8 Å². The topological polar surface area (TPSA) is 64.1 Å². The quantitative estimate of drug-likeness (QED) is 0.835. The molecule has 25 heavy (non-hydrogen) atoms. The van der Waals surface area contributed by atoms with E-state index < -0.39 is 0 Å². The first kappa shape index (κ1) is 17.6. The summed E-state index contributed by atoms with van der Waals surface area (Å²) in [6.07, 6.45) is 9.66. The van der Waals surface area contributed by atoms with Gasteiger partial charge in [-0.3, -0.25) is 14.8 Å². The van der Waals surface area contributed by atoms with Crippen molar-refractivity contribution in [2.45, 2.75) is 18.3 Å². The van der Waals surface area contributed by atoms with Crippen molar-refractivity contribution in [3.63, 3.8) is 0 Å². The van der Waals surface area contributed by atoms with Gasteiger partial charge in [-0.15, -0.1) is 0 Å². The number of carbonyl (C=O) groups excluding carboxylic acids is 1. The molecule has 1 amide bonds. The third-order valence-electron chi connectivity index (χ3n) is 4.50. The molecule has 6 heteroatoms. The van der Waals surface area contributed by atoms with Gasteiger partial charge in [0.25, 0.3) is 0 Å². The molecule has 2 aromatic rings. The van der Waals surface area contributed by atoms with Gasteiger partial charge in [0.15, 0.2) is 0 Å². The molecular weight excluding hydrogens is 338 g/mol. The number of ether oxygens (including phenoxy) is 1. The predicted octanol–water partition coefficient (Wildman–Crippen LogP) is 3.01. The number of rotatable bonds is 5. The van der Waals surface area contributed by atoms with Crippen molar-refractivity contribution >= 4 is 23.6 Å². The summed E-state index contributed by atoms with van der Waals surface area (Å²) in [4.78, 5) is 20.3. The van der Waals surface area contributed by atoms with Crippen LogP contribution in [-0.4, -0.2) is 35.6 Å². The van der Waals surface area contributed by atoms with Crippen molar-refractivity contribution in [1.82, 2.24) is 15.3 Å². The van der Waals surface area contributed by atoms with E-state index in [0.29, 0.717) is 30.5 Å². The zero-order chi connectivity index (χ0) is 17.5. The van der Waals surface area contributed by atoms with E-state index in [1.807, 2.05) is 24.3 Å². The molecular formula is C19H20ClN3O2. The monoisotopic (exact) mass is 357 g/mol. The molecule has 1 saturated heterocycles. The van der Waals surface area contributed by atoms with Crippen LogP contribution in [0.2, 0.25) is 5.02 Å². The normalized spacial score (nSPS) is 16.7. The molecule has 1 aliphatic rings. The van der Waals surface area contributed by atoms with Crippen LogP contribution in [0, 0.1) is 0 Å². The highest BCUT2D eigenvalue weighted by Gasteiger charge is 2.34. The summed E-state index contributed by atoms with van der Waals surface area (Å²) < 4.78 is 5.51. The molecule has 0 atom stereocenters. The van der Waals surface area contributed by atoms with E-state index in [9.17, 15) is 4.79 Å². The highest BCUT2D eigenvalue weighted by Crippen LogP contribution is 2.34. The highest BCUT2D eigenvalue weighted by molar-refractivity contribution is 6.30. The fourth-order valence-electron chi connectivity index (χ4n) is 3.01. The second-order valence-electron chi connectivity index (χ2n) is 6.08. The third-order valence-corrected chi connectivity index (χ3v) is 4.75. The minimum Gasteiger partial charge on any atom is -0.381 e. The predicted molar refractivity (Wildman–Crippen MR) is 97.3 cm³/mol. The molecule has 1 aliphatic heterocycles. The van der Waals surface area contributed by atoms with Crippen molar-refractivity contribution in [2.75, 3.05) is 19.8 Å². The molecule has 5 nitrogen and oxygen atoms in total. The average molecular weight is 358 g/mol. The molecule has 1 aromatic carbocycles. The van der Waals surface area contributed by atoms with Gasteiger partial charge in [-0.25, -0.2) is 0 Å². The Hall–Kier alpha value is -2.24. The van der Waals surface area contributed by atoms with E-state index >= 15 is 0 Å². The summed E-state index contributed by atoms with van der Waals surface area (Å²) in [5.74, 6) is -0.148. The van der Waals surface area contributed by atoms with Crippen molar-refractivity contribution in [2.24, 2.45) is 0 Å². The molecule has 2 heterocycles. The summed E-state index contributed by atoms with van der Waals surface area (Å²) in [5.41, 5.74) is 1.70. The van der Waals surface area contributed by atoms with E-state index in [1.54, 1.807) is 24.7 Å². The summed E-state index contributed by atoms with van der Waals surface area (Å²) in [6, 6.07) is 7.86. The number of halogens is 1. The molecule has 130 valence electrons. The number of benzene rings is 1. The molecule has 1 N–H and O–H groups in total. The maximum Gasteiger partial charge on any atom is 0.244 e. The van der Waals surface area contributed by atoms with Crippen molar-refractivity contribution in [3.8, 4) is 0 Å². The van der Waals surface area contributed by atoms with Gasteiger partial charge < -0.3 is 10.1 Å². The van der Waals surface area contributed by atoms with Gasteiger partial charge in [-0.1, -0.05) is 23.7 Å². The van der Waals surface area contributed by atoms with Crippen LogP contribution in [0.4, 0.5) is 0 Å². The number of hydrogen-bond acceptors (Lipinski definition) is 4. The lowest BCUT2D eigenvalue weighted by molar-refractivity contribution is -0.116. The minimum atomic E-state index is -0.148. The lowest BCUT2D eigenvalue weighted by atomic mass is 9.74. The fourth-order valence-corrected chi connectivity index (χ4v) is 3.13. The summed E-state index contributed by atoms with van der Waals surface area (Å²) in [7, 11) is 0. The number of amides is 1. The Morgan fingerprint density at radius 1 is 1.24 bits per heavy atom. The maximum atomic E-state index is 12.2. The number of carbonyl (C=O) groups is 1. The second kappa shape index (κ2) is 8.23. The van der Waals surface area contributed by atoms with E-state index in [4.69, 9.17) is 16.3 Å². The van der Waals surface area contributed by atoms with Gasteiger partial charge in [0, 0.05) is 48.7 Å². The van der Waals surface area contributed by atoms with Crippen LogP contribution in [0.3, 0.4) is 0 Å². The van der Waals surface area contributed by atoms with Gasteiger partial charge in [0.1, 0.15) is 0 Å². The molecule has 0 unspecified atom stereocenters. The maximum absolute atomic E-state index is 12.2. The Balaban J connectivity index is 1.67. The second-order valence-corrected chi connectivity index (χ2v) is 6.52. The molecule has 1 fully saturated rings. The molecule has 0 saturated carbocycles. The van der Waals surface area contributed by atoms with Gasteiger partial charge in [0.2, 0.25) is 5.91 Å². The van der Waals surface area contributed by atoms with E-state index in [-0.39, 0.29) is 11.3 Å². The largest absolute Gasteiger partial charge is 0.381 e. The van der Waals surface area contributed by atoms with Crippen molar-refractivity contribution in [1.29, 1.82) is 0 Å². The number of nitrogens with zero attached hydrogens (tertiary/aromatic N) is 2. The number of hydrogen-bond donors (Lipinski definition) is 1. The van der Waals surface area contributed by atoms with Crippen LogP contribution in [0.5, 0.6) is 0 Å². The summed E-state index contributed by atoms with van der Waals surface area (Å²) in [5, 5.41) is 3.72. The Morgan fingerprint density at radius 3 is 2.68 bits per heavy atom. The van der Waals surface area contributed by atoms with Gasteiger partial charge >= 0.3 is 0 Å². The van der Waals surface area contributed by atoms with Crippen LogP contribution in [0.25, 0.3) is 6.08 Å². The van der Waals surface area contributed by atoms with Crippen molar-refractivity contribution in [3.05, 3.63) is 65.2 Å². The van der Waals surface area contributed by atoms with Crippen LogP contribution in [-0.2, 0) is 14.9 Å². The Kier molecular flexibility index (Phi) is 5.79. The first-order chi connectivity index (χ1) is 12.2. The third kappa shape index (κ3) is 4.65. The average Bonchev–Trinajstić information content (AvgIpc) is 2.67.